The SMILES string of the molecule is COc1ccc2c(c1)c(CN1CCC(C(=O)NCCN3CCCCC3)CC1)cn2C. The third-order valence-electron chi connectivity index (χ3n) is 6.81. The van der Waals surface area contributed by atoms with E-state index in [1.807, 2.05) is 6.07 Å². The van der Waals surface area contributed by atoms with Gasteiger partial charge in [0, 0.05) is 49.7 Å². The fraction of sp³-hybridized carbons (Fsp3) is 0.625. The van der Waals surface area contributed by atoms with Crippen LogP contribution in [0.1, 0.15) is 37.7 Å². The van der Waals surface area contributed by atoms with Crippen molar-refractivity contribution in [1.29, 1.82) is 0 Å². The van der Waals surface area contributed by atoms with Crippen LogP contribution in [-0.4, -0.2) is 66.7 Å². The Bertz CT molecular complexity index is 848. The number of nitrogens with zero attached hydrogens (tertiary/aromatic N) is 3. The van der Waals surface area contributed by atoms with Gasteiger partial charge in [-0.25, -0.2) is 0 Å². The molecule has 30 heavy (non-hydrogen) atoms. The highest BCUT2D eigenvalue weighted by Crippen LogP contribution is 2.28. The molecule has 0 bridgehead atoms. The summed E-state index contributed by atoms with van der Waals surface area (Å²) in [6, 6.07) is 6.27. The summed E-state index contributed by atoms with van der Waals surface area (Å²) in [5.41, 5.74) is 2.56. The minimum Gasteiger partial charge on any atom is -0.497 e. The maximum Gasteiger partial charge on any atom is 0.223 e. The topological polar surface area (TPSA) is 49.7 Å². The zero-order valence-electron chi connectivity index (χ0n) is 18.5. The van der Waals surface area contributed by atoms with Gasteiger partial charge in [-0.05, 0) is 75.6 Å². The van der Waals surface area contributed by atoms with Crippen molar-refractivity contribution in [3.05, 3.63) is 30.0 Å². The summed E-state index contributed by atoms with van der Waals surface area (Å²) in [5.74, 6) is 1.31. The number of methoxy groups -OCH3 is 1. The predicted octanol–water partition coefficient (Wildman–Crippen LogP) is 3.00. The fourth-order valence-electron chi connectivity index (χ4n) is 4.96. The van der Waals surface area contributed by atoms with Crippen LogP contribution in [0.25, 0.3) is 10.9 Å². The second-order valence-electron chi connectivity index (χ2n) is 8.89. The van der Waals surface area contributed by atoms with E-state index >= 15 is 0 Å². The lowest BCUT2D eigenvalue weighted by molar-refractivity contribution is -0.126. The first-order valence-electron chi connectivity index (χ1n) is 11.5. The van der Waals surface area contributed by atoms with Crippen molar-refractivity contribution < 1.29 is 9.53 Å². The zero-order valence-corrected chi connectivity index (χ0v) is 18.5. The van der Waals surface area contributed by atoms with Gasteiger partial charge in [0.25, 0.3) is 0 Å². The van der Waals surface area contributed by atoms with Gasteiger partial charge < -0.3 is 19.5 Å². The Morgan fingerprint density at radius 1 is 1.10 bits per heavy atom. The van der Waals surface area contributed by atoms with Gasteiger partial charge in [-0.2, -0.15) is 0 Å². The molecule has 1 aromatic heterocycles. The van der Waals surface area contributed by atoms with E-state index in [4.69, 9.17) is 4.74 Å². The van der Waals surface area contributed by atoms with Gasteiger partial charge in [-0.15, -0.1) is 0 Å². The van der Waals surface area contributed by atoms with E-state index in [2.05, 4.69) is 45.1 Å². The highest BCUT2D eigenvalue weighted by atomic mass is 16.5. The van der Waals surface area contributed by atoms with Gasteiger partial charge >= 0.3 is 0 Å². The molecule has 1 N–H and O–H groups in total. The van der Waals surface area contributed by atoms with Crippen molar-refractivity contribution in [2.24, 2.45) is 13.0 Å². The number of hydrogen-bond donors (Lipinski definition) is 1. The Balaban J connectivity index is 1.25. The number of fused-ring (bicyclic) bond motifs is 1. The van der Waals surface area contributed by atoms with Crippen molar-refractivity contribution in [3.63, 3.8) is 0 Å². The summed E-state index contributed by atoms with van der Waals surface area (Å²) in [5, 5.41) is 4.45. The molecule has 0 radical (unpaired) electrons. The molecule has 0 aliphatic carbocycles. The van der Waals surface area contributed by atoms with Crippen molar-refractivity contribution in [1.82, 2.24) is 19.7 Å². The van der Waals surface area contributed by atoms with Gasteiger partial charge in [-0.3, -0.25) is 9.69 Å². The van der Waals surface area contributed by atoms with Crippen molar-refractivity contribution in [3.8, 4) is 5.75 Å². The summed E-state index contributed by atoms with van der Waals surface area (Å²) >= 11 is 0. The Labute approximate surface area is 180 Å². The van der Waals surface area contributed by atoms with E-state index in [9.17, 15) is 4.79 Å². The third kappa shape index (κ3) is 4.98. The molecule has 6 nitrogen and oxygen atoms in total. The van der Waals surface area contributed by atoms with Crippen LogP contribution in [0.15, 0.2) is 24.4 Å². The molecule has 0 spiro atoms. The number of carbonyl (C=O) groups excluding carboxylic acids is 1. The quantitative estimate of drug-likeness (QED) is 0.760. The van der Waals surface area contributed by atoms with Gasteiger partial charge in [0.2, 0.25) is 5.91 Å². The number of piperidine rings is 2. The molecular weight excluding hydrogens is 376 g/mol. The molecule has 2 aromatic rings. The first-order chi connectivity index (χ1) is 14.6. The molecule has 3 heterocycles. The third-order valence-corrected chi connectivity index (χ3v) is 6.81. The number of nitrogens with one attached hydrogen (secondary N) is 1. The minimum absolute atomic E-state index is 0.162. The summed E-state index contributed by atoms with van der Waals surface area (Å²) in [6.07, 6.45) is 8.08. The van der Waals surface area contributed by atoms with Crippen LogP contribution < -0.4 is 10.1 Å². The van der Waals surface area contributed by atoms with Crippen molar-refractivity contribution >= 4 is 16.8 Å². The molecule has 2 saturated heterocycles. The van der Waals surface area contributed by atoms with Crippen LogP contribution in [-0.2, 0) is 18.4 Å². The molecule has 2 aliphatic heterocycles. The van der Waals surface area contributed by atoms with E-state index in [-0.39, 0.29) is 11.8 Å². The monoisotopic (exact) mass is 412 g/mol. The lowest BCUT2D eigenvalue weighted by Crippen LogP contribution is -2.43. The second-order valence-corrected chi connectivity index (χ2v) is 8.89. The molecule has 4 rings (SSSR count). The van der Waals surface area contributed by atoms with Crippen LogP contribution in [0.2, 0.25) is 0 Å². The Kier molecular flexibility index (Phi) is 6.95. The van der Waals surface area contributed by atoms with Crippen molar-refractivity contribution in [2.75, 3.05) is 46.4 Å². The number of aryl methyl sites for hydroxylation is 1. The Morgan fingerprint density at radius 3 is 2.60 bits per heavy atom. The standard InChI is InChI=1S/C24H36N4O2/c1-26-17-20(22-16-21(30-2)6-7-23(22)26)18-28-13-8-19(9-14-28)24(29)25-10-15-27-11-4-3-5-12-27/h6-7,16-17,19H,3-5,8-15,18H2,1-2H3,(H,25,29). The maximum absolute atomic E-state index is 12.6. The average molecular weight is 413 g/mol. The first kappa shape index (κ1) is 21.2. The number of amides is 1. The van der Waals surface area contributed by atoms with Crippen LogP contribution in [0, 0.1) is 5.92 Å². The van der Waals surface area contributed by atoms with Crippen molar-refractivity contribution in [2.45, 2.75) is 38.6 Å². The number of rotatable bonds is 7. The van der Waals surface area contributed by atoms with Crippen LogP contribution in [0.4, 0.5) is 0 Å². The summed E-state index contributed by atoms with van der Waals surface area (Å²) in [7, 11) is 3.81. The molecule has 0 atom stereocenters. The van der Waals surface area contributed by atoms with Gasteiger partial charge in [0.1, 0.15) is 5.75 Å². The largest absolute Gasteiger partial charge is 0.497 e. The number of carbonyl (C=O) groups is 1. The molecule has 0 saturated carbocycles. The minimum atomic E-state index is 0.162. The summed E-state index contributed by atoms with van der Waals surface area (Å²) < 4.78 is 7.60. The number of ether oxygens (including phenoxy) is 1. The smallest absolute Gasteiger partial charge is 0.223 e. The molecule has 1 amide bonds. The van der Waals surface area contributed by atoms with E-state index in [1.165, 1.54) is 48.8 Å². The van der Waals surface area contributed by atoms with E-state index < -0.39 is 0 Å². The number of aromatic nitrogens is 1. The Morgan fingerprint density at radius 2 is 1.87 bits per heavy atom. The number of benzene rings is 1. The Hall–Kier alpha value is -2.05. The second kappa shape index (κ2) is 9.84. The van der Waals surface area contributed by atoms with Crippen LogP contribution in [0.3, 0.4) is 0 Å². The van der Waals surface area contributed by atoms with E-state index in [1.54, 1.807) is 7.11 Å². The molecule has 0 unspecified atom stereocenters. The summed E-state index contributed by atoms with van der Waals surface area (Å²) in [6.45, 7) is 7.04. The molecule has 164 valence electrons. The molecule has 6 heteroatoms. The molecule has 2 aliphatic rings. The zero-order chi connectivity index (χ0) is 20.9. The molecular formula is C24H36N4O2. The lowest BCUT2D eigenvalue weighted by atomic mass is 9.95. The maximum atomic E-state index is 12.6. The highest BCUT2D eigenvalue weighted by molar-refractivity contribution is 5.85. The van der Waals surface area contributed by atoms with E-state index in [0.717, 1.165) is 51.3 Å². The predicted molar refractivity (Wildman–Crippen MR) is 121 cm³/mol. The van der Waals surface area contributed by atoms with Gasteiger partial charge in [0.15, 0.2) is 0 Å². The molecule has 1 aromatic carbocycles. The van der Waals surface area contributed by atoms with Crippen LogP contribution in [0.5, 0.6) is 5.75 Å². The van der Waals surface area contributed by atoms with Gasteiger partial charge in [0.05, 0.1) is 7.11 Å². The summed E-state index contributed by atoms with van der Waals surface area (Å²) in [4.78, 5) is 17.5. The normalized spacial score (nSPS) is 19.3. The number of likely N-dealkylation sites (tertiary alicyclic amines) is 2. The first-order valence-corrected chi connectivity index (χ1v) is 11.5. The number of hydrogen-bond acceptors (Lipinski definition) is 4. The molecule has 2 fully saturated rings. The van der Waals surface area contributed by atoms with E-state index in [0.29, 0.717) is 0 Å². The fourth-order valence-corrected chi connectivity index (χ4v) is 4.96. The van der Waals surface area contributed by atoms with Crippen LogP contribution >= 0.6 is 0 Å². The lowest BCUT2D eigenvalue weighted by Gasteiger charge is -2.31. The van der Waals surface area contributed by atoms with Gasteiger partial charge in [-0.1, -0.05) is 6.42 Å². The highest BCUT2D eigenvalue weighted by Gasteiger charge is 2.25. The average Bonchev–Trinajstić information content (AvgIpc) is 3.09.